The van der Waals surface area contributed by atoms with Crippen molar-refractivity contribution in [2.75, 3.05) is 6.54 Å². The Morgan fingerprint density at radius 3 is 2.74 bits per heavy atom. The van der Waals surface area contributed by atoms with Gasteiger partial charge in [0.15, 0.2) is 0 Å². The van der Waals surface area contributed by atoms with Gasteiger partial charge < -0.3 is 16.2 Å². The van der Waals surface area contributed by atoms with Crippen LogP contribution in [0.5, 0.6) is 5.75 Å². The second kappa shape index (κ2) is 6.92. The van der Waals surface area contributed by atoms with Gasteiger partial charge in [-0.1, -0.05) is 18.6 Å². The minimum Gasteiger partial charge on any atom is -0.508 e. The van der Waals surface area contributed by atoms with Crippen LogP contribution in [-0.4, -0.2) is 23.7 Å². The van der Waals surface area contributed by atoms with Gasteiger partial charge in [0.1, 0.15) is 5.75 Å². The molecule has 0 saturated heterocycles. The summed E-state index contributed by atoms with van der Waals surface area (Å²) in [5.41, 5.74) is 7.10. The number of rotatable bonds is 6. The quantitative estimate of drug-likeness (QED) is 0.738. The third-order valence-electron chi connectivity index (χ3n) is 4.26. The molecule has 1 aliphatic carbocycles. The van der Waals surface area contributed by atoms with Gasteiger partial charge >= 0.3 is 0 Å². The van der Waals surface area contributed by atoms with Crippen molar-refractivity contribution in [2.24, 2.45) is 11.7 Å². The second-order valence-corrected chi connectivity index (χ2v) is 5.81. The molecule has 19 heavy (non-hydrogen) atoms. The topological polar surface area (TPSA) is 58.3 Å². The minimum absolute atomic E-state index is 0.340. The van der Waals surface area contributed by atoms with E-state index in [9.17, 15) is 5.11 Å². The molecule has 106 valence electrons. The van der Waals surface area contributed by atoms with Gasteiger partial charge in [-0.25, -0.2) is 0 Å². The number of nitrogens with one attached hydrogen (secondary N) is 1. The SMILES string of the molecule is CC(CCc1ccc(O)cc1)NC1CCCC1CN. The predicted molar refractivity (Wildman–Crippen MR) is 79.2 cm³/mol. The first-order valence-corrected chi connectivity index (χ1v) is 7.43. The molecule has 0 aromatic heterocycles. The highest BCUT2D eigenvalue weighted by Gasteiger charge is 2.26. The first-order chi connectivity index (χ1) is 9.19. The Kier molecular flexibility index (Phi) is 5.23. The van der Waals surface area contributed by atoms with Gasteiger partial charge in [-0.15, -0.1) is 0 Å². The molecular weight excluding hydrogens is 236 g/mol. The highest BCUT2D eigenvalue weighted by atomic mass is 16.3. The van der Waals surface area contributed by atoms with Gasteiger partial charge in [-0.3, -0.25) is 0 Å². The van der Waals surface area contributed by atoms with E-state index in [1.54, 1.807) is 12.1 Å². The largest absolute Gasteiger partial charge is 0.508 e. The number of aromatic hydroxyl groups is 1. The average Bonchev–Trinajstić information content (AvgIpc) is 2.85. The smallest absolute Gasteiger partial charge is 0.115 e. The predicted octanol–water partition coefficient (Wildman–Crippen LogP) is 2.43. The molecule has 1 aromatic rings. The van der Waals surface area contributed by atoms with Crippen molar-refractivity contribution in [1.82, 2.24) is 5.32 Å². The molecular formula is C16H26N2O. The number of phenolic OH excluding ortho intramolecular Hbond substituents is 1. The fourth-order valence-electron chi connectivity index (χ4n) is 3.03. The van der Waals surface area contributed by atoms with Crippen LogP contribution in [0.15, 0.2) is 24.3 Å². The fourth-order valence-corrected chi connectivity index (χ4v) is 3.03. The summed E-state index contributed by atoms with van der Waals surface area (Å²) >= 11 is 0. The zero-order valence-electron chi connectivity index (χ0n) is 11.8. The van der Waals surface area contributed by atoms with E-state index in [0.717, 1.165) is 19.4 Å². The first kappa shape index (κ1) is 14.4. The van der Waals surface area contributed by atoms with Crippen LogP contribution in [0.1, 0.15) is 38.2 Å². The zero-order valence-corrected chi connectivity index (χ0v) is 11.8. The summed E-state index contributed by atoms with van der Waals surface area (Å²) in [6, 6.07) is 8.65. The highest BCUT2D eigenvalue weighted by molar-refractivity contribution is 5.25. The minimum atomic E-state index is 0.340. The van der Waals surface area contributed by atoms with Crippen LogP contribution >= 0.6 is 0 Å². The van der Waals surface area contributed by atoms with Gasteiger partial charge in [0, 0.05) is 12.1 Å². The van der Waals surface area contributed by atoms with E-state index in [-0.39, 0.29) is 0 Å². The first-order valence-electron chi connectivity index (χ1n) is 7.43. The lowest BCUT2D eigenvalue weighted by molar-refractivity contribution is 0.360. The number of phenols is 1. The van der Waals surface area contributed by atoms with E-state index in [0.29, 0.717) is 23.8 Å². The zero-order chi connectivity index (χ0) is 13.7. The molecule has 4 N–H and O–H groups in total. The highest BCUT2D eigenvalue weighted by Crippen LogP contribution is 2.25. The lowest BCUT2D eigenvalue weighted by Gasteiger charge is -2.24. The Balaban J connectivity index is 1.75. The standard InChI is InChI=1S/C16H26N2O/c1-12(18-16-4-2-3-14(16)11-17)5-6-13-7-9-15(19)10-8-13/h7-10,12,14,16,18-19H,2-6,11,17H2,1H3. The molecule has 2 rings (SSSR count). The second-order valence-electron chi connectivity index (χ2n) is 5.81. The summed E-state index contributed by atoms with van der Waals surface area (Å²) in [5, 5.41) is 13.0. The molecule has 1 saturated carbocycles. The Bertz CT molecular complexity index is 377. The number of benzene rings is 1. The Morgan fingerprint density at radius 2 is 2.05 bits per heavy atom. The molecule has 1 fully saturated rings. The molecule has 0 spiro atoms. The molecule has 3 atom stereocenters. The molecule has 3 unspecified atom stereocenters. The number of aryl methyl sites for hydroxylation is 1. The van der Waals surface area contributed by atoms with Gasteiger partial charge in [0.2, 0.25) is 0 Å². The molecule has 0 radical (unpaired) electrons. The number of nitrogens with two attached hydrogens (primary N) is 1. The molecule has 0 bridgehead atoms. The maximum Gasteiger partial charge on any atom is 0.115 e. The molecule has 1 aliphatic rings. The lowest BCUT2D eigenvalue weighted by Crippen LogP contribution is -2.41. The Hall–Kier alpha value is -1.06. The number of hydrogen-bond acceptors (Lipinski definition) is 3. The molecule has 0 amide bonds. The van der Waals surface area contributed by atoms with Crippen molar-refractivity contribution in [3.63, 3.8) is 0 Å². The van der Waals surface area contributed by atoms with Crippen LogP contribution < -0.4 is 11.1 Å². The van der Waals surface area contributed by atoms with E-state index in [4.69, 9.17) is 5.73 Å². The molecule has 1 aromatic carbocycles. The van der Waals surface area contributed by atoms with Gasteiger partial charge in [-0.05, 0) is 62.8 Å². The fraction of sp³-hybridized carbons (Fsp3) is 0.625. The van der Waals surface area contributed by atoms with Crippen molar-refractivity contribution in [1.29, 1.82) is 0 Å². The molecule has 0 heterocycles. The maximum atomic E-state index is 9.26. The summed E-state index contributed by atoms with van der Waals surface area (Å²) in [5.74, 6) is 1.00. The van der Waals surface area contributed by atoms with E-state index < -0.39 is 0 Å². The van der Waals surface area contributed by atoms with E-state index in [1.165, 1.54) is 24.8 Å². The Morgan fingerprint density at radius 1 is 1.32 bits per heavy atom. The van der Waals surface area contributed by atoms with Crippen molar-refractivity contribution in [3.05, 3.63) is 29.8 Å². The lowest BCUT2D eigenvalue weighted by atomic mass is 10.0. The van der Waals surface area contributed by atoms with Crippen LogP contribution in [0.2, 0.25) is 0 Å². The molecule has 3 nitrogen and oxygen atoms in total. The van der Waals surface area contributed by atoms with Crippen molar-refractivity contribution < 1.29 is 5.11 Å². The summed E-state index contributed by atoms with van der Waals surface area (Å²) in [6.45, 7) is 3.06. The Labute approximate surface area is 116 Å². The van der Waals surface area contributed by atoms with Crippen molar-refractivity contribution >= 4 is 0 Å². The molecule has 0 aliphatic heterocycles. The van der Waals surface area contributed by atoms with Crippen LogP contribution in [0.25, 0.3) is 0 Å². The third-order valence-corrected chi connectivity index (χ3v) is 4.26. The maximum absolute atomic E-state index is 9.26. The van der Waals surface area contributed by atoms with Gasteiger partial charge in [0.25, 0.3) is 0 Å². The monoisotopic (exact) mass is 262 g/mol. The summed E-state index contributed by atoms with van der Waals surface area (Å²) in [6.07, 6.45) is 6.03. The summed E-state index contributed by atoms with van der Waals surface area (Å²) in [4.78, 5) is 0. The van der Waals surface area contributed by atoms with E-state index >= 15 is 0 Å². The van der Waals surface area contributed by atoms with Gasteiger partial charge in [-0.2, -0.15) is 0 Å². The van der Waals surface area contributed by atoms with Crippen molar-refractivity contribution in [3.8, 4) is 5.75 Å². The average molecular weight is 262 g/mol. The number of hydrogen-bond donors (Lipinski definition) is 3. The molecule has 3 heteroatoms. The van der Waals surface area contributed by atoms with Crippen LogP contribution in [0.3, 0.4) is 0 Å². The third kappa shape index (κ3) is 4.22. The normalized spacial score (nSPS) is 24.5. The van der Waals surface area contributed by atoms with E-state index in [1.807, 2.05) is 12.1 Å². The summed E-state index contributed by atoms with van der Waals surface area (Å²) < 4.78 is 0. The van der Waals surface area contributed by atoms with Crippen LogP contribution in [0, 0.1) is 5.92 Å². The van der Waals surface area contributed by atoms with E-state index in [2.05, 4.69) is 12.2 Å². The summed E-state index contributed by atoms with van der Waals surface area (Å²) in [7, 11) is 0. The van der Waals surface area contributed by atoms with Crippen LogP contribution in [-0.2, 0) is 6.42 Å². The van der Waals surface area contributed by atoms with Crippen LogP contribution in [0.4, 0.5) is 0 Å². The van der Waals surface area contributed by atoms with Crippen molar-refractivity contribution in [2.45, 2.75) is 51.1 Å². The van der Waals surface area contributed by atoms with Gasteiger partial charge in [0.05, 0.1) is 0 Å².